The van der Waals surface area contributed by atoms with Gasteiger partial charge in [-0.15, -0.1) is 24.0 Å². The molecule has 1 fully saturated rings. The van der Waals surface area contributed by atoms with Gasteiger partial charge in [0, 0.05) is 32.7 Å². The average molecular weight is 537 g/mol. The predicted octanol–water partition coefficient (Wildman–Crippen LogP) is 4.13. The van der Waals surface area contributed by atoms with Crippen LogP contribution in [0.1, 0.15) is 47.6 Å². The first-order valence-corrected chi connectivity index (χ1v) is 11.1. The monoisotopic (exact) mass is 536 g/mol. The van der Waals surface area contributed by atoms with Gasteiger partial charge in [0.1, 0.15) is 0 Å². The fourth-order valence-electron chi connectivity index (χ4n) is 3.82. The van der Waals surface area contributed by atoms with E-state index in [0.29, 0.717) is 6.54 Å². The molecule has 5 nitrogen and oxygen atoms in total. The standard InChI is InChI=1S/C25H36N4O.HI/c1-4-26-25(28-17-23-10-5-19(2)15-20(23)3)27-16-21-6-8-22(9-7-21)18-29-13-11-24(30)12-14-29;/h5-10,15,24,30H,4,11-14,16-18H2,1-3H3,(H2,26,27,28);1H. The second-order valence-electron chi connectivity index (χ2n) is 8.30. The predicted molar refractivity (Wildman–Crippen MR) is 140 cm³/mol. The molecule has 0 spiro atoms. The van der Waals surface area contributed by atoms with Crippen molar-refractivity contribution < 1.29 is 5.11 Å². The normalized spacial score (nSPS) is 15.4. The zero-order valence-corrected chi connectivity index (χ0v) is 21.4. The fraction of sp³-hybridized carbons (Fsp3) is 0.480. The van der Waals surface area contributed by atoms with Crippen LogP contribution in [0.4, 0.5) is 0 Å². The molecule has 0 amide bonds. The molecule has 0 unspecified atom stereocenters. The number of aryl methyl sites for hydroxylation is 2. The number of nitrogens with zero attached hydrogens (tertiary/aromatic N) is 2. The number of piperidine rings is 1. The number of nitrogens with one attached hydrogen (secondary N) is 2. The molecule has 31 heavy (non-hydrogen) atoms. The maximum absolute atomic E-state index is 9.65. The Morgan fingerprint density at radius 3 is 2.35 bits per heavy atom. The lowest BCUT2D eigenvalue weighted by molar-refractivity contribution is 0.0792. The van der Waals surface area contributed by atoms with Crippen LogP contribution in [0, 0.1) is 13.8 Å². The van der Waals surface area contributed by atoms with Gasteiger partial charge < -0.3 is 15.7 Å². The van der Waals surface area contributed by atoms with E-state index in [9.17, 15) is 5.11 Å². The van der Waals surface area contributed by atoms with E-state index in [2.05, 4.69) is 78.8 Å². The maximum Gasteiger partial charge on any atom is 0.191 e. The van der Waals surface area contributed by atoms with E-state index in [0.717, 1.165) is 51.5 Å². The topological polar surface area (TPSA) is 59.9 Å². The first-order chi connectivity index (χ1) is 14.5. The molecular weight excluding hydrogens is 499 g/mol. The Labute approximate surface area is 204 Å². The number of guanidine groups is 1. The maximum atomic E-state index is 9.65. The van der Waals surface area contributed by atoms with E-state index >= 15 is 0 Å². The van der Waals surface area contributed by atoms with Crippen LogP contribution in [-0.4, -0.2) is 41.7 Å². The fourth-order valence-corrected chi connectivity index (χ4v) is 3.82. The van der Waals surface area contributed by atoms with Crippen LogP contribution in [-0.2, 0) is 19.6 Å². The first kappa shape index (κ1) is 25.6. The van der Waals surface area contributed by atoms with Crippen molar-refractivity contribution in [2.75, 3.05) is 19.6 Å². The average Bonchev–Trinajstić information content (AvgIpc) is 2.74. The summed E-state index contributed by atoms with van der Waals surface area (Å²) in [7, 11) is 0. The second kappa shape index (κ2) is 13.0. The highest BCUT2D eigenvalue weighted by atomic mass is 127. The number of aliphatic hydroxyl groups excluding tert-OH is 1. The molecule has 1 aliphatic heterocycles. The third-order valence-corrected chi connectivity index (χ3v) is 5.69. The number of aliphatic hydroxyl groups is 1. The molecule has 0 aliphatic carbocycles. The molecule has 0 aromatic heterocycles. The Morgan fingerprint density at radius 2 is 1.71 bits per heavy atom. The van der Waals surface area contributed by atoms with E-state index < -0.39 is 0 Å². The summed E-state index contributed by atoms with van der Waals surface area (Å²) in [6, 6.07) is 15.3. The van der Waals surface area contributed by atoms with E-state index in [1.54, 1.807) is 0 Å². The minimum Gasteiger partial charge on any atom is -0.393 e. The van der Waals surface area contributed by atoms with Crippen LogP contribution in [0.25, 0.3) is 0 Å². The second-order valence-corrected chi connectivity index (χ2v) is 8.30. The Kier molecular flexibility index (Phi) is 10.8. The summed E-state index contributed by atoms with van der Waals surface area (Å²) >= 11 is 0. The van der Waals surface area contributed by atoms with Crippen molar-refractivity contribution in [3.63, 3.8) is 0 Å². The van der Waals surface area contributed by atoms with Crippen LogP contribution < -0.4 is 10.6 Å². The van der Waals surface area contributed by atoms with Gasteiger partial charge >= 0.3 is 0 Å². The molecule has 170 valence electrons. The Bertz CT molecular complexity index is 830. The molecule has 0 radical (unpaired) electrons. The van der Waals surface area contributed by atoms with Gasteiger partial charge in [0.25, 0.3) is 0 Å². The number of halogens is 1. The highest BCUT2D eigenvalue weighted by Crippen LogP contribution is 2.15. The molecule has 2 aromatic rings. The Morgan fingerprint density at radius 1 is 1.03 bits per heavy atom. The van der Waals surface area contributed by atoms with Crippen molar-refractivity contribution >= 4 is 29.9 Å². The lowest BCUT2D eigenvalue weighted by Crippen LogP contribution is -2.37. The Hall–Kier alpha value is -1.64. The number of likely N-dealkylation sites (tertiary alicyclic amines) is 1. The van der Waals surface area contributed by atoms with Gasteiger partial charge in [-0.05, 0) is 55.9 Å². The van der Waals surface area contributed by atoms with Crippen LogP contribution in [0.2, 0.25) is 0 Å². The molecule has 1 aliphatic rings. The first-order valence-electron chi connectivity index (χ1n) is 11.1. The van der Waals surface area contributed by atoms with Crippen LogP contribution >= 0.6 is 24.0 Å². The molecule has 2 aromatic carbocycles. The van der Waals surface area contributed by atoms with Gasteiger partial charge in [-0.2, -0.15) is 0 Å². The molecule has 1 saturated heterocycles. The summed E-state index contributed by atoms with van der Waals surface area (Å²) in [5.74, 6) is 0.841. The van der Waals surface area contributed by atoms with E-state index in [1.807, 2.05) is 0 Å². The minimum atomic E-state index is -0.115. The van der Waals surface area contributed by atoms with Gasteiger partial charge in [-0.3, -0.25) is 4.90 Å². The minimum absolute atomic E-state index is 0. The number of hydrogen-bond acceptors (Lipinski definition) is 3. The molecule has 0 saturated carbocycles. The summed E-state index contributed by atoms with van der Waals surface area (Å²) in [4.78, 5) is 7.17. The van der Waals surface area contributed by atoms with Crippen molar-refractivity contribution in [1.82, 2.24) is 15.5 Å². The Balaban J connectivity index is 0.00000341. The van der Waals surface area contributed by atoms with Gasteiger partial charge in [0.2, 0.25) is 0 Å². The SMILES string of the molecule is CCNC(=NCc1ccc(CN2CCC(O)CC2)cc1)NCc1ccc(C)cc1C.I. The highest BCUT2D eigenvalue weighted by molar-refractivity contribution is 14.0. The largest absolute Gasteiger partial charge is 0.393 e. The summed E-state index contributed by atoms with van der Waals surface area (Å²) in [5, 5.41) is 16.4. The number of rotatable bonds is 7. The summed E-state index contributed by atoms with van der Waals surface area (Å²) in [6.07, 6.45) is 1.65. The molecular formula is C25H37IN4O. The number of benzene rings is 2. The van der Waals surface area contributed by atoms with E-state index in [-0.39, 0.29) is 30.1 Å². The van der Waals surface area contributed by atoms with Gasteiger partial charge in [0.05, 0.1) is 12.6 Å². The van der Waals surface area contributed by atoms with E-state index in [1.165, 1.54) is 27.8 Å². The highest BCUT2D eigenvalue weighted by Gasteiger charge is 2.16. The summed E-state index contributed by atoms with van der Waals surface area (Å²) in [6.45, 7) is 11.5. The molecule has 0 atom stereocenters. The quantitative estimate of drug-likeness (QED) is 0.283. The zero-order chi connectivity index (χ0) is 21.3. The van der Waals surface area contributed by atoms with Gasteiger partial charge in [0.15, 0.2) is 5.96 Å². The van der Waals surface area contributed by atoms with Crippen molar-refractivity contribution in [2.45, 2.75) is 59.4 Å². The van der Waals surface area contributed by atoms with Crippen LogP contribution in [0.5, 0.6) is 0 Å². The summed E-state index contributed by atoms with van der Waals surface area (Å²) in [5.41, 5.74) is 6.41. The number of hydrogen-bond donors (Lipinski definition) is 3. The van der Waals surface area contributed by atoms with Gasteiger partial charge in [-0.25, -0.2) is 4.99 Å². The smallest absolute Gasteiger partial charge is 0.191 e. The third kappa shape index (κ3) is 8.43. The van der Waals surface area contributed by atoms with Gasteiger partial charge in [-0.1, -0.05) is 48.0 Å². The van der Waals surface area contributed by atoms with Crippen LogP contribution in [0.15, 0.2) is 47.5 Å². The molecule has 0 bridgehead atoms. The van der Waals surface area contributed by atoms with Crippen molar-refractivity contribution in [3.8, 4) is 0 Å². The van der Waals surface area contributed by atoms with E-state index in [4.69, 9.17) is 4.99 Å². The lowest BCUT2D eigenvalue weighted by Gasteiger charge is -2.29. The molecule has 3 rings (SSSR count). The molecule has 3 N–H and O–H groups in total. The molecule has 6 heteroatoms. The van der Waals surface area contributed by atoms with Crippen molar-refractivity contribution in [1.29, 1.82) is 0 Å². The molecule has 1 heterocycles. The number of aliphatic imine (C=N–C) groups is 1. The zero-order valence-electron chi connectivity index (χ0n) is 19.0. The van der Waals surface area contributed by atoms with Crippen LogP contribution in [0.3, 0.4) is 0 Å². The third-order valence-electron chi connectivity index (χ3n) is 5.69. The summed E-state index contributed by atoms with van der Waals surface area (Å²) < 4.78 is 0. The van der Waals surface area contributed by atoms with Crippen molar-refractivity contribution in [3.05, 3.63) is 70.3 Å². The van der Waals surface area contributed by atoms with Crippen molar-refractivity contribution in [2.24, 2.45) is 4.99 Å². The lowest BCUT2D eigenvalue weighted by atomic mass is 10.1.